The maximum atomic E-state index is 13.1. The molecule has 0 radical (unpaired) electrons. The average molecular weight is 373 g/mol. The Morgan fingerprint density at radius 1 is 1.07 bits per heavy atom. The van der Waals surface area contributed by atoms with E-state index in [1.165, 1.54) is 0 Å². The summed E-state index contributed by atoms with van der Waals surface area (Å²) in [6.45, 7) is 5.58. The Kier molecular flexibility index (Phi) is 4.42. The third-order valence-electron chi connectivity index (χ3n) is 5.04. The van der Waals surface area contributed by atoms with Gasteiger partial charge < -0.3 is 4.74 Å². The lowest BCUT2D eigenvalue weighted by Crippen LogP contribution is -2.29. The van der Waals surface area contributed by atoms with Gasteiger partial charge in [0.2, 0.25) is 0 Å². The van der Waals surface area contributed by atoms with E-state index in [4.69, 9.17) is 4.74 Å². The van der Waals surface area contributed by atoms with Gasteiger partial charge in [-0.25, -0.2) is 9.36 Å². The van der Waals surface area contributed by atoms with Crippen LogP contribution in [0.2, 0.25) is 0 Å². The van der Waals surface area contributed by atoms with Crippen LogP contribution < -0.4 is 0 Å². The van der Waals surface area contributed by atoms with E-state index in [0.29, 0.717) is 6.42 Å². The van der Waals surface area contributed by atoms with Gasteiger partial charge in [0, 0.05) is 28.1 Å². The summed E-state index contributed by atoms with van der Waals surface area (Å²) in [5, 5.41) is 0.953. The summed E-state index contributed by atoms with van der Waals surface area (Å²) in [6, 6.07) is 17.7. The third-order valence-corrected chi connectivity index (χ3v) is 5.04. The van der Waals surface area contributed by atoms with Gasteiger partial charge in [0.05, 0.1) is 5.52 Å². The van der Waals surface area contributed by atoms with Crippen LogP contribution in [0.3, 0.4) is 0 Å². The number of carbonyl (C=O) groups excluding carboxylic acids is 2. The Labute approximate surface area is 164 Å². The van der Waals surface area contributed by atoms with Crippen LogP contribution in [0.25, 0.3) is 17.0 Å². The van der Waals surface area contributed by atoms with Crippen molar-refractivity contribution < 1.29 is 14.3 Å². The molecule has 1 aliphatic rings. The molecule has 0 fully saturated rings. The molecule has 0 aliphatic heterocycles. The normalized spacial score (nSPS) is 16.4. The first-order valence-electron chi connectivity index (χ1n) is 9.46. The number of aldehydes is 1. The van der Waals surface area contributed by atoms with E-state index in [1.54, 1.807) is 4.57 Å². The number of nitrogens with zero attached hydrogens (tertiary/aromatic N) is 1. The van der Waals surface area contributed by atoms with Crippen LogP contribution in [0.4, 0.5) is 4.79 Å². The molecule has 0 bridgehead atoms. The lowest BCUT2D eigenvalue weighted by molar-refractivity contribution is -0.105. The predicted molar refractivity (Wildman–Crippen MR) is 110 cm³/mol. The van der Waals surface area contributed by atoms with Crippen molar-refractivity contribution in [1.29, 1.82) is 0 Å². The van der Waals surface area contributed by atoms with E-state index in [9.17, 15) is 9.59 Å². The van der Waals surface area contributed by atoms with Gasteiger partial charge in [-0.3, -0.25) is 4.79 Å². The molecule has 3 aromatic rings. The lowest BCUT2D eigenvalue weighted by Gasteiger charge is -2.25. The molecule has 1 aliphatic carbocycles. The molecule has 1 heterocycles. The highest BCUT2D eigenvalue weighted by Gasteiger charge is 2.31. The van der Waals surface area contributed by atoms with Crippen molar-refractivity contribution in [1.82, 2.24) is 4.57 Å². The molecule has 0 saturated carbocycles. The molecule has 4 nitrogen and oxygen atoms in total. The zero-order valence-corrected chi connectivity index (χ0v) is 16.3. The van der Waals surface area contributed by atoms with Crippen LogP contribution in [-0.2, 0) is 16.0 Å². The van der Waals surface area contributed by atoms with Crippen LogP contribution in [0, 0.1) is 0 Å². The minimum absolute atomic E-state index is 0.0864. The SMILES string of the molecule is CC(C)(C)OC(=O)n1c2c(c3ccccc31)C=C(C=O)[C@@H](c1ccccc1)C2. The minimum Gasteiger partial charge on any atom is -0.443 e. The van der Waals surface area contributed by atoms with Crippen molar-refractivity contribution in [3.63, 3.8) is 0 Å². The van der Waals surface area contributed by atoms with Crippen LogP contribution in [0.5, 0.6) is 0 Å². The highest BCUT2D eigenvalue weighted by atomic mass is 16.6. The number of carbonyl (C=O) groups is 2. The van der Waals surface area contributed by atoms with E-state index in [-0.39, 0.29) is 12.0 Å². The van der Waals surface area contributed by atoms with Gasteiger partial charge in [0.1, 0.15) is 11.9 Å². The smallest absolute Gasteiger partial charge is 0.419 e. The van der Waals surface area contributed by atoms with Gasteiger partial charge in [-0.1, -0.05) is 48.5 Å². The van der Waals surface area contributed by atoms with E-state index in [1.807, 2.05) is 81.4 Å². The molecule has 0 spiro atoms. The Balaban J connectivity index is 1.92. The first kappa shape index (κ1) is 18.2. The molecule has 28 heavy (non-hydrogen) atoms. The molecule has 4 heteroatoms. The second-order valence-electron chi connectivity index (χ2n) is 8.12. The fourth-order valence-electron chi connectivity index (χ4n) is 3.89. The fraction of sp³-hybridized carbons (Fsp3) is 0.250. The topological polar surface area (TPSA) is 48.3 Å². The van der Waals surface area contributed by atoms with Crippen LogP contribution >= 0.6 is 0 Å². The number of aromatic nitrogens is 1. The molecular formula is C24H23NO3. The molecule has 1 atom stereocenters. The number of benzene rings is 2. The number of hydrogen-bond donors (Lipinski definition) is 0. The summed E-state index contributed by atoms with van der Waals surface area (Å²) in [6.07, 6.45) is 3.03. The molecule has 142 valence electrons. The largest absolute Gasteiger partial charge is 0.443 e. The summed E-state index contributed by atoms with van der Waals surface area (Å²) in [4.78, 5) is 24.9. The number of allylic oxidation sites excluding steroid dienone is 1. The van der Waals surface area contributed by atoms with Crippen molar-refractivity contribution in [3.8, 4) is 0 Å². The van der Waals surface area contributed by atoms with Gasteiger partial charge >= 0.3 is 6.09 Å². The van der Waals surface area contributed by atoms with Gasteiger partial charge in [-0.15, -0.1) is 0 Å². The monoisotopic (exact) mass is 373 g/mol. The van der Waals surface area contributed by atoms with E-state index < -0.39 is 5.60 Å². The van der Waals surface area contributed by atoms with Crippen molar-refractivity contribution >= 4 is 29.4 Å². The number of hydrogen-bond acceptors (Lipinski definition) is 3. The van der Waals surface area contributed by atoms with E-state index in [2.05, 4.69) is 0 Å². The zero-order valence-electron chi connectivity index (χ0n) is 16.3. The van der Waals surface area contributed by atoms with Crippen LogP contribution in [0.1, 0.15) is 43.5 Å². The van der Waals surface area contributed by atoms with Crippen molar-refractivity contribution in [3.05, 3.63) is 77.0 Å². The molecule has 2 aromatic carbocycles. The Bertz CT molecular complexity index is 1080. The van der Waals surface area contributed by atoms with Gasteiger partial charge in [-0.2, -0.15) is 0 Å². The van der Waals surface area contributed by atoms with E-state index >= 15 is 0 Å². The maximum Gasteiger partial charge on any atom is 0.419 e. The summed E-state index contributed by atoms with van der Waals surface area (Å²) >= 11 is 0. The molecule has 0 saturated heterocycles. The second-order valence-corrected chi connectivity index (χ2v) is 8.12. The van der Waals surface area contributed by atoms with Gasteiger partial charge in [0.15, 0.2) is 0 Å². The quantitative estimate of drug-likeness (QED) is 0.569. The summed E-state index contributed by atoms with van der Waals surface area (Å²) in [7, 11) is 0. The summed E-state index contributed by atoms with van der Waals surface area (Å²) in [5.74, 6) is -0.0864. The lowest BCUT2D eigenvalue weighted by atomic mass is 9.82. The highest BCUT2D eigenvalue weighted by molar-refractivity contribution is 6.01. The first-order valence-corrected chi connectivity index (χ1v) is 9.46. The Morgan fingerprint density at radius 3 is 2.43 bits per heavy atom. The zero-order chi connectivity index (χ0) is 19.9. The minimum atomic E-state index is -0.591. The molecule has 1 aromatic heterocycles. The first-order chi connectivity index (χ1) is 13.4. The molecule has 0 amide bonds. The van der Waals surface area contributed by atoms with Crippen molar-refractivity contribution in [2.75, 3.05) is 0 Å². The second kappa shape index (κ2) is 6.79. The molecule has 4 rings (SSSR count). The standard InChI is InChI=1S/C24H23NO3/c1-24(2,3)28-23(27)25-21-12-8-7-11-18(21)20-13-17(15-26)19(14-22(20)25)16-9-5-4-6-10-16/h4-13,15,19H,14H2,1-3H3/t19-/m1/s1. The average Bonchev–Trinajstić information content (AvgIpc) is 3.00. The van der Waals surface area contributed by atoms with E-state index in [0.717, 1.165) is 39.6 Å². The third kappa shape index (κ3) is 3.15. The van der Waals surface area contributed by atoms with Gasteiger partial charge in [-0.05, 0) is 44.9 Å². The van der Waals surface area contributed by atoms with Crippen LogP contribution in [-0.4, -0.2) is 22.5 Å². The molecular weight excluding hydrogens is 350 g/mol. The molecule has 0 unspecified atom stereocenters. The number of para-hydroxylation sites is 1. The Morgan fingerprint density at radius 2 is 1.75 bits per heavy atom. The fourth-order valence-corrected chi connectivity index (χ4v) is 3.89. The van der Waals surface area contributed by atoms with Crippen LogP contribution in [0.15, 0.2) is 60.2 Å². The summed E-state index contributed by atoms with van der Waals surface area (Å²) < 4.78 is 7.35. The summed E-state index contributed by atoms with van der Waals surface area (Å²) in [5.41, 5.74) is 3.81. The number of ether oxygens (including phenoxy) is 1. The van der Waals surface area contributed by atoms with Gasteiger partial charge in [0.25, 0.3) is 0 Å². The highest BCUT2D eigenvalue weighted by Crippen LogP contribution is 2.39. The van der Waals surface area contributed by atoms with Crippen molar-refractivity contribution in [2.24, 2.45) is 0 Å². The molecule has 0 N–H and O–H groups in total. The Hall–Kier alpha value is -3.14. The predicted octanol–water partition coefficient (Wildman–Crippen LogP) is 5.35. The number of fused-ring (bicyclic) bond motifs is 3. The number of rotatable bonds is 2. The van der Waals surface area contributed by atoms with Crippen molar-refractivity contribution in [2.45, 2.75) is 38.7 Å². The maximum absolute atomic E-state index is 13.1.